The summed E-state index contributed by atoms with van der Waals surface area (Å²) < 4.78 is 23.9. The zero-order valence-electron chi connectivity index (χ0n) is 14.1. The van der Waals surface area contributed by atoms with Crippen LogP contribution < -0.4 is 0 Å². The fourth-order valence-electron chi connectivity index (χ4n) is 2.14. The van der Waals surface area contributed by atoms with E-state index in [1.165, 1.54) is 6.07 Å². The van der Waals surface area contributed by atoms with E-state index in [1.807, 2.05) is 11.9 Å². The molecule has 0 fully saturated rings. The first-order valence-electron chi connectivity index (χ1n) is 7.59. The van der Waals surface area contributed by atoms with Crippen molar-refractivity contribution in [3.63, 3.8) is 0 Å². The fraction of sp³-hybridized carbons (Fsp3) is 0.389. The van der Waals surface area contributed by atoms with Crippen molar-refractivity contribution in [3.8, 4) is 11.8 Å². The van der Waals surface area contributed by atoms with Gasteiger partial charge in [-0.2, -0.15) is 0 Å². The lowest BCUT2D eigenvalue weighted by Gasteiger charge is -2.19. The summed E-state index contributed by atoms with van der Waals surface area (Å²) in [7, 11) is 5.22. The molecular formula is C18H21FN2O3. The van der Waals surface area contributed by atoms with Gasteiger partial charge in [-0.05, 0) is 19.2 Å². The number of benzene rings is 1. The Morgan fingerprint density at radius 3 is 2.79 bits per heavy atom. The monoisotopic (exact) mass is 332 g/mol. The van der Waals surface area contributed by atoms with Crippen LogP contribution in [0.3, 0.4) is 0 Å². The fourth-order valence-corrected chi connectivity index (χ4v) is 2.14. The van der Waals surface area contributed by atoms with Crippen LogP contribution in [0.2, 0.25) is 0 Å². The molecule has 5 nitrogen and oxygen atoms in total. The second-order valence-electron chi connectivity index (χ2n) is 5.52. The van der Waals surface area contributed by atoms with Gasteiger partial charge in [0.05, 0.1) is 6.54 Å². The van der Waals surface area contributed by atoms with Crippen molar-refractivity contribution in [1.82, 2.24) is 9.80 Å². The van der Waals surface area contributed by atoms with E-state index in [2.05, 4.69) is 11.8 Å². The number of likely N-dealkylation sites (N-methyl/N-ethyl adjacent to an activating group) is 2. The molecule has 1 amide bonds. The Balaban J connectivity index is 1.92. The molecule has 2 aromatic rings. The van der Waals surface area contributed by atoms with Crippen molar-refractivity contribution >= 4 is 16.9 Å². The number of fused-ring (bicyclic) bond motifs is 1. The van der Waals surface area contributed by atoms with Crippen LogP contribution in [0.25, 0.3) is 11.0 Å². The molecule has 0 atom stereocenters. The average molecular weight is 332 g/mol. The van der Waals surface area contributed by atoms with E-state index < -0.39 is 5.82 Å². The molecule has 0 spiro atoms. The Kier molecular flexibility index (Phi) is 6.36. The number of hydrogen-bond acceptors (Lipinski definition) is 4. The molecule has 0 N–H and O–H groups in total. The first-order valence-corrected chi connectivity index (χ1v) is 7.59. The maximum Gasteiger partial charge on any atom is 0.289 e. The molecule has 0 aliphatic carbocycles. The van der Waals surface area contributed by atoms with E-state index in [0.717, 1.165) is 0 Å². The van der Waals surface area contributed by atoms with Gasteiger partial charge in [0.2, 0.25) is 0 Å². The van der Waals surface area contributed by atoms with E-state index in [1.54, 1.807) is 37.3 Å². The van der Waals surface area contributed by atoms with E-state index in [9.17, 15) is 9.18 Å². The highest BCUT2D eigenvalue weighted by molar-refractivity contribution is 5.96. The molecule has 1 heterocycles. The Bertz CT molecular complexity index is 760. The van der Waals surface area contributed by atoms with Gasteiger partial charge in [0.15, 0.2) is 17.2 Å². The third-order valence-corrected chi connectivity index (χ3v) is 3.56. The van der Waals surface area contributed by atoms with Crippen molar-refractivity contribution < 1.29 is 18.3 Å². The number of carbonyl (C=O) groups is 1. The number of rotatable bonds is 6. The number of hydrogen-bond donors (Lipinski definition) is 0. The number of para-hydroxylation sites is 1. The van der Waals surface area contributed by atoms with E-state index >= 15 is 0 Å². The molecule has 0 saturated heterocycles. The number of halogens is 1. The minimum Gasteiger partial charge on any atom is -0.448 e. The molecule has 2 rings (SSSR count). The van der Waals surface area contributed by atoms with E-state index in [4.69, 9.17) is 9.15 Å². The van der Waals surface area contributed by atoms with Gasteiger partial charge in [-0.25, -0.2) is 4.39 Å². The van der Waals surface area contributed by atoms with Crippen LogP contribution >= 0.6 is 0 Å². The van der Waals surface area contributed by atoms with Crippen LogP contribution in [0, 0.1) is 17.7 Å². The van der Waals surface area contributed by atoms with Crippen molar-refractivity contribution in [3.05, 3.63) is 35.8 Å². The lowest BCUT2D eigenvalue weighted by molar-refractivity contribution is 0.0755. The average Bonchev–Trinajstić information content (AvgIpc) is 3.01. The zero-order chi connectivity index (χ0) is 17.5. The second kappa shape index (κ2) is 8.48. The van der Waals surface area contributed by atoms with Gasteiger partial charge >= 0.3 is 0 Å². The highest BCUT2D eigenvalue weighted by Gasteiger charge is 2.18. The lowest BCUT2D eigenvalue weighted by Crippen LogP contribution is -2.34. The van der Waals surface area contributed by atoms with Crippen LogP contribution in [0.15, 0.2) is 28.7 Å². The molecule has 6 heteroatoms. The largest absolute Gasteiger partial charge is 0.448 e. The van der Waals surface area contributed by atoms with Crippen LogP contribution in [0.1, 0.15) is 10.6 Å². The van der Waals surface area contributed by atoms with Crippen LogP contribution in [0.4, 0.5) is 4.39 Å². The maximum absolute atomic E-state index is 13.6. The standard InChI is InChI=1S/C18H21FN2O3/c1-20(9-4-5-12-23-3)10-11-21(2)18(22)16-13-14-7-6-8-15(19)17(14)24-16/h6-8,13H,9-12H2,1-3H3. The topological polar surface area (TPSA) is 45.9 Å². The van der Waals surface area contributed by atoms with Gasteiger partial charge in [-0.1, -0.05) is 24.0 Å². The van der Waals surface area contributed by atoms with Crippen molar-refractivity contribution in [2.24, 2.45) is 0 Å². The molecule has 0 aliphatic rings. The van der Waals surface area contributed by atoms with E-state index in [0.29, 0.717) is 31.6 Å². The molecule has 1 aromatic carbocycles. The minimum atomic E-state index is -0.469. The first kappa shape index (κ1) is 18.0. The molecule has 0 bridgehead atoms. The number of nitrogens with zero attached hydrogens (tertiary/aromatic N) is 2. The van der Waals surface area contributed by atoms with Crippen molar-refractivity contribution in [2.45, 2.75) is 0 Å². The van der Waals surface area contributed by atoms with Crippen molar-refractivity contribution in [2.75, 3.05) is 47.4 Å². The Hall–Kier alpha value is -2.36. The molecule has 24 heavy (non-hydrogen) atoms. The highest BCUT2D eigenvalue weighted by atomic mass is 19.1. The maximum atomic E-state index is 13.6. The summed E-state index contributed by atoms with van der Waals surface area (Å²) in [5, 5.41) is 0.581. The number of carbonyl (C=O) groups excluding carboxylic acids is 1. The molecule has 0 radical (unpaired) electrons. The third kappa shape index (κ3) is 4.57. The zero-order valence-corrected chi connectivity index (χ0v) is 14.1. The third-order valence-electron chi connectivity index (χ3n) is 3.56. The predicted molar refractivity (Wildman–Crippen MR) is 90.3 cm³/mol. The van der Waals surface area contributed by atoms with Gasteiger partial charge in [0.1, 0.15) is 6.61 Å². The second-order valence-corrected chi connectivity index (χ2v) is 5.52. The SMILES string of the molecule is COCC#CCN(C)CCN(C)C(=O)c1cc2cccc(F)c2o1. The van der Waals surface area contributed by atoms with Crippen LogP contribution in [0.5, 0.6) is 0 Å². The summed E-state index contributed by atoms with van der Waals surface area (Å²) in [6.45, 7) is 2.19. The molecular weight excluding hydrogens is 311 g/mol. The van der Waals surface area contributed by atoms with Gasteiger partial charge in [0.25, 0.3) is 5.91 Å². The van der Waals surface area contributed by atoms with E-state index in [-0.39, 0.29) is 17.3 Å². The molecule has 1 aromatic heterocycles. The van der Waals surface area contributed by atoms with Gasteiger partial charge in [0, 0.05) is 32.6 Å². The number of amides is 1. The van der Waals surface area contributed by atoms with Gasteiger partial charge < -0.3 is 14.1 Å². The summed E-state index contributed by atoms with van der Waals surface area (Å²) in [6, 6.07) is 6.18. The lowest BCUT2D eigenvalue weighted by atomic mass is 10.2. The van der Waals surface area contributed by atoms with Gasteiger partial charge in [-0.15, -0.1) is 0 Å². The first-order chi connectivity index (χ1) is 11.5. The summed E-state index contributed by atoms with van der Waals surface area (Å²) >= 11 is 0. The minimum absolute atomic E-state index is 0.111. The number of furan rings is 1. The molecule has 0 unspecified atom stereocenters. The number of methoxy groups -OCH3 is 1. The number of ether oxygens (including phenoxy) is 1. The normalized spacial score (nSPS) is 10.7. The Morgan fingerprint density at radius 1 is 1.29 bits per heavy atom. The highest BCUT2D eigenvalue weighted by Crippen LogP contribution is 2.22. The van der Waals surface area contributed by atoms with Crippen LogP contribution in [-0.2, 0) is 4.74 Å². The smallest absolute Gasteiger partial charge is 0.289 e. The van der Waals surface area contributed by atoms with Gasteiger partial charge in [-0.3, -0.25) is 9.69 Å². The summed E-state index contributed by atoms with van der Waals surface area (Å²) in [5.41, 5.74) is 0.111. The molecule has 128 valence electrons. The van der Waals surface area contributed by atoms with Crippen molar-refractivity contribution in [1.29, 1.82) is 0 Å². The van der Waals surface area contributed by atoms with Crippen LogP contribution in [-0.4, -0.2) is 63.2 Å². The Morgan fingerprint density at radius 2 is 2.08 bits per heavy atom. The summed E-state index contributed by atoms with van der Waals surface area (Å²) in [5.74, 6) is 5.26. The Labute approximate surface area is 141 Å². The quantitative estimate of drug-likeness (QED) is 0.761. The predicted octanol–water partition coefficient (Wildman–Crippen LogP) is 2.23. The summed E-state index contributed by atoms with van der Waals surface area (Å²) in [4.78, 5) is 15.9. The molecule has 0 aliphatic heterocycles. The molecule has 0 saturated carbocycles. The summed E-state index contributed by atoms with van der Waals surface area (Å²) in [6.07, 6.45) is 0.